The summed E-state index contributed by atoms with van der Waals surface area (Å²) in [6, 6.07) is 3.46. The molecular weight excluding hydrogens is 194 g/mol. The lowest BCUT2D eigenvalue weighted by Gasteiger charge is -1.90. The summed E-state index contributed by atoms with van der Waals surface area (Å²) in [7, 11) is 1.71. The van der Waals surface area contributed by atoms with Crippen LogP contribution < -0.4 is 0 Å². The van der Waals surface area contributed by atoms with Crippen molar-refractivity contribution in [3.63, 3.8) is 0 Å². The van der Waals surface area contributed by atoms with Gasteiger partial charge in [0, 0.05) is 13.5 Å². The first-order valence-electron chi connectivity index (χ1n) is 4.70. The Kier molecular flexibility index (Phi) is 2.37. The number of ketones is 1. The zero-order chi connectivity index (χ0) is 10.8. The highest BCUT2D eigenvalue weighted by Gasteiger charge is 2.16. The molecule has 15 heavy (non-hydrogen) atoms. The highest BCUT2D eigenvalue weighted by atomic mass is 16.3. The summed E-state index contributed by atoms with van der Waals surface area (Å²) >= 11 is 0. The second-order valence-corrected chi connectivity index (χ2v) is 3.23. The number of aromatic nitrogens is 3. The van der Waals surface area contributed by atoms with E-state index in [1.165, 1.54) is 4.68 Å². The van der Waals surface area contributed by atoms with Gasteiger partial charge in [-0.05, 0) is 12.1 Å². The van der Waals surface area contributed by atoms with Crippen LogP contribution >= 0.6 is 0 Å². The molecule has 0 unspecified atom stereocenters. The Bertz CT molecular complexity index is 484. The van der Waals surface area contributed by atoms with Gasteiger partial charge in [-0.25, -0.2) is 0 Å². The van der Waals surface area contributed by atoms with Crippen LogP contribution in [-0.4, -0.2) is 20.8 Å². The molecule has 5 nitrogen and oxygen atoms in total. The molecule has 0 aliphatic rings. The molecule has 0 atom stereocenters. The molecule has 0 bridgehead atoms. The van der Waals surface area contributed by atoms with Gasteiger partial charge >= 0.3 is 0 Å². The van der Waals surface area contributed by atoms with Crippen LogP contribution in [0.2, 0.25) is 0 Å². The third kappa shape index (κ3) is 1.81. The second-order valence-electron chi connectivity index (χ2n) is 3.23. The van der Waals surface area contributed by atoms with Crippen molar-refractivity contribution < 1.29 is 9.21 Å². The Balaban J connectivity index is 2.28. The molecule has 0 aromatic carbocycles. The maximum Gasteiger partial charge on any atom is 0.250 e. The molecule has 2 heterocycles. The normalized spacial score (nSPS) is 10.5. The molecule has 0 aliphatic carbocycles. The Morgan fingerprint density at radius 1 is 1.53 bits per heavy atom. The van der Waals surface area contributed by atoms with Crippen LogP contribution in [0.3, 0.4) is 0 Å². The maximum absolute atomic E-state index is 11.8. The predicted molar refractivity (Wildman–Crippen MR) is 52.5 cm³/mol. The largest absolute Gasteiger partial charge is 0.458 e. The van der Waals surface area contributed by atoms with Gasteiger partial charge in [0.05, 0.1) is 6.20 Å². The van der Waals surface area contributed by atoms with Crippen molar-refractivity contribution in [2.24, 2.45) is 7.05 Å². The van der Waals surface area contributed by atoms with E-state index in [0.717, 1.165) is 12.2 Å². The summed E-state index contributed by atoms with van der Waals surface area (Å²) in [4.78, 5) is 11.8. The minimum absolute atomic E-state index is 0.234. The summed E-state index contributed by atoms with van der Waals surface area (Å²) in [6.07, 6.45) is 2.34. The summed E-state index contributed by atoms with van der Waals surface area (Å²) in [5.41, 5.74) is 0.300. The molecule has 2 aromatic heterocycles. The molecule has 0 saturated carbocycles. The fourth-order valence-electron chi connectivity index (χ4n) is 1.27. The summed E-state index contributed by atoms with van der Waals surface area (Å²) in [5.74, 6) is 0.873. The van der Waals surface area contributed by atoms with Gasteiger partial charge in [-0.15, -0.1) is 5.10 Å². The number of furan rings is 1. The second kappa shape index (κ2) is 3.68. The van der Waals surface area contributed by atoms with E-state index in [1.807, 2.05) is 6.92 Å². The monoisotopic (exact) mass is 205 g/mol. The Morgan fingerprint density at radius 2 is 2.33 bits per heavy atom. The van der Waals surface area contributed by atoms with Crippen molar-refractivity contribution >= 4 is 5.78 Å². The molecule has 2 aromatic rings. The summed E-state index contributed by atoms with van der Waals surface area (Å²) in [6.45, 7) is 1.97. The Morgan fingerprint density at radius 3 is 2.87 bits per heavy atom. The van der Waals surface area contributed by atoms with Crippen LogP contribution in [-0.2, 0) is 13.5 Å². The number of carbonyl (C=O) groups is 1. The fraction of sp³-hybridized carbons (Fsp3) is 0.300. The van der Waals surface area contributed by atoms with Crippen LogP contribution in [0.5, 0.6) is 0 Å². The minimum atomic E-state index is -0.234. The number of rotatable bonds is 3. The van der Waals surface area contributed by atoms with Crippen LogP contribution in [0.25, 0.3) is 0 Å². The zero-order valence-corrected chi connectivity index (χ0v) is 8.60. The van der Waals surface area contributed by atoms with Crippen molar-refractivity contribution in [2.75, 3.05) is 0 Å². The summed E-state index contributed by atoms with van der Waals surface area (Å²) < 4.78 is 6.81. The van der Waals surface area contributed by atoms with Crippen molar-refractivity contribution in [3.8, 4) is 0 Å². The van der Waals surface area contributed by atoms with Gasteiger partial charge in [0.2, 0.25) is 5.78 Å². The first kappa shape index (κ1) is 9.64. The van der Waals surface area contributed by atoms with E-state index in [-0.39, 0.29) is 5.78 Å². The van der Waals surface area contributed by atoms with Crippen LogP contribution in [0.4, 0.5) is 0 Å². The van der Waals surface area contributed by atoms with Gasteiger partial charge in [0.25, 0.3) is 0 Å². The van der Waals surface area contributed by atoms with E-state index in [9.17, 15) is 4.79 Å². The highest BCUT2D eigenvalue weighted by molar-refractivity contribution is 6.05. The van der Waals surface area contributed by atoms with Crippen molar-refractivity contribution in [3.05, 3.63) is 35.5 Å². The number of carbonyl (C=O) groups excluding carboxylic acids is 1. The van der Waals surface area contributed by atoms with Gasteiger partial charge in [0.15, 0.2) is 11.5 Å². The highest BCUT2D eigenvalue weighted by Crippen LogP contribution is 2.12. The SMILES string of the molecule is CCc1ccc(C(=O)c2cn(C)nn2)o1. The molecule has 0 fully saturated rings. The lowest BCUT2D eigenvalue weighted by atomic mass is 10.2. The summed E-state index contributed by atoms with van der Waals surface area (Å²) in [5, 5.41) is 7.42. The number of hydrogen-bond acceptors (Lipinski definition) is 4. The molecule has 0 spiro atoms. The van der Waals surface area contributed by atoms with E-state index in [1.54, 1.807) is 25.4 Å². The van der Waals surface area contributed by atoms with Gasteiger partial charge in [-0.2, -0.15) is 0 Å². The third-order valence-corrected chi connectivity index (χ3v) is 2.07. The molecule has 0 amide bonds. The molecule has 0 radical (unpaired) electrons. The van der Waals surface area contributed by atoms with E-state index >= 15 is 0 Å². The van der Waals surface area contributed by atoms with Crippen molar-refractivity contribution in [1.82, 2.24) is 15.0 Å². The average molecular weight is 205 g/mol. The standard InChI is InChI=1S/C10H11N3O2/c1-3-7-4-5-9(15-7)10(14)8-6-13(2)12-11-8/h4-6H,3H2,1-2H3. The van der Waals surface area contributed by atoms with E-state index < -0.39 is 0 Å². The Hall–Kier alpha value is -1.91. The first-order chi connectivity index (χ1) is 7.20. The molecule has 0 saturated heterocycles. The quantitative estimate of drug-likeness (QED) is 0.706. The number of aryl methyl sites for hydroxylation is 2. The maximum atomic E-state index is 11.8. The topological polar surface area (TPSA) is 60.9 Å². The molecule has 5 heteroatoms. The molecule has 78 valence electrons. The van der Waals surface area contributed by atoms with Crippen molar-refractivity contribution in [2.45, 2.75) is 13.3 Å². The smallest absolute Gasteiger partial charge is 0.250 e. The first-order valence-corrected chi connectivity index (χ1v) is 4.70. The third-order valence-electron chi connectivity index (χ3n) is 2.07. The molecule has 2 rings (SSSR count). The average Bonchev–Trinajstić information content (AvgIpc) is 2.84. The number of nitrogens with zero attached hydrogens (tertiary/aromatic N) is 3. The predicted octanol–water partition coefficient (Wildman–Crippen LogP) is 1.20. The van der Waals surface area contributed by atoms with Gasteiger partial charge in [0.1, 0.15) is 5.76 Å². The molecular formula is C10H11N3O2. The van der Waals surface area contributed by atoms with Crippen molar-refractivity contribution in [1.29, 1.82) is 0 Å². The van der Waals surface area contributed by atoms with Crippen LogP contribution in [0, 0.1) is 0 Å². The zero-order valence-electron chi connectivity index (χ0n) is 8.60. The number of hydrogen-bond donors (Lipinski definition) is 0. The van der Waals surface area contributed by atoms with Crippen LogP contribution in [0.1, 0.15) is 28.9 Å². The van der Waals surface area contributed by atoms with E-state index in [2.05, 4.69) is 10.3 Å². The molecule has 0 aliphatic heterocycles. The minimum Gasteiger partial charge on any atom is -0.458 e. The fourth-order valence-corrected chi connectivity index (χ4v) is 1.27. The lowest BCUT2D eigenvalue weighted by Crippen LogP contribution is -1.99. The lowest BCUT2D eigenvalue weighted by molar-refractivity contribution is 0.100. The Labute approximate surface area is 86.7 Å². The molecule has 0 N–H and O–H groups in total. The van der Waals surface area contributed by atoms with E-state index in [4.69, 9.17) is 4.42 Å². The van der Waals surface area contributed by atoms with Crippen LogP contribution in [0.15, 0.2) is 22.7 Å². The van der Waals surface area contributed by atoms with E-state index in [0.29, 0.717) is 11.5 Å². The van der Waals surface area contributed by atoms with Gasteiger partial charge in [-0.3, -0.25) is 9.48 Å². The van der Waals surface area contributed by atoms with Gasteiger partial charge < -0.3 is 4.42 Å². The van der Waals surface area contributed by atoms with Gasteiger partial charge in [-0.1, -0.05) is 12.1 Å².